The van der Waals surface area contributed by atoms with Crippen LogP contribution in [0.5, 0.6) is 5.75 Å². The van der Waals surface area contributed by atoms with Gasteiger partial charge in [-0.05, 0) is 31.2 Å². The van der Waals surface area contributed by atoms with Gasteiger partial charge in [-0.2, -0.15) is 13.2 Å². The van der Waals surface area contributed by atoms with E-state index in [1.54, 1.807) is 0 Å². The molecular weight excluding hydrogens is 323 g/mol. The Balaban J connectivity index is 1.66. The molecule has 1 saturated heterocycles. The maximum Gasteiger partial charge on any atom is 0.416 e. The van der Waals surface area contributed by atoms with Crippen molar-refractivity contribution in [2.45, 2.75) is 19.1 Å². The molecule has 0 saturated carbocycles. The van der Waals surface area contributed by atoms with Crippen LogP contribution in [0, 0.1) is 0 Å². The van der Waals surface area contributed by atoms with E-state index in [2.05, 4.69) is 22.5 Å². The van der Waals surface area contributed by atoms with Crippen molar-refractivity contribution in [1.82, 2.24) is 15.5 Å². The molecule has 0 aromatic heterocycles. The molecule has 1 aromatic carbocycles. The number of hydrogen-bond donors (Lipinski definition) is 2. The summed E-state index contributed by atoms with van der Waals surface area (Å²) in [6.45, 7) is 5.47. The van der Waals surface area contributed by atoms with E-state index in [4.69, 9.17) is 4.74 Å². The first-order chi connectivity index (χ1) is 11.4. The molecule has 0 bridgehead atoms. The highest BCUT2D eigenvalue weighted by Gasteiger charge is 2.30. The minimum absolute atomic E-state index is 0.0835. The summed E-state index contributed by atoms with van der Waals surface area (Å²) >= 11 is 0. The number of alkyl halides is 3. The maximum atomic E-state index is 12.4. The summed E-state index contributed by atoms with van der Waals surface area (Å²) in [5.74, 6) is 0.257. The smallest absolute Gasteiger partial charge is 0.416 e. The highest BCUT2D eigenvalue weighted by molar-refractivity contribution is 5.78. The first kappa shape index (κ1) is 18.5. The number of hydrogen-bond acceptors (Lipinski definition) is 4. The molecule has 1 aromatic rings. The monoisotopic (exact) mass is 345 g/mol. The van der Waals surface area contributed by atoms with Crippen LogP contribution in [0.1, 0.15) is 12.5 Å². The van der Waals surface area contributed by atoms with Crippen molar-refractivity contribution in [2.24, 2.45) is 0 Å². The molecule has 2 N–H and O–H groups in total. The summed E-state index contributed by atoms with van der Waals surface area (Å²) < 4.78 is 42.6. The molecule has 1 atom stereocenters. The van der Waals surface area contributed by atoms with Gasteiger partial charge in [-0.3, -0.25) is 9.69 Å². The zero-order valence-corrected chi connectivity index (χ0v) is 13.5. The van der Waals surface area contributed by atoms with Gasteiger partial charge in [0.25, 0.3) is 0 Å². The Morgan fingerprint density at radius 1 is 1.38 bits per heavy atom. The second kappa shape index (κ2) is 8.34. The van der Waals surface area contributed by atoms with Crippen LogP contribution >= 0.6 is 0 Å². The molecule has 134 valence electrons. The number of rotatable bonds is 6. The summed E-state index contributed by atoms with van der Waals surface area (Å²) in [5, 5.41) is 6.01. The number of benzene rings is 1. The fraction of sp³-hybridized carbons (Fsp3) is 0.562. The van der Waals surface area contributed by atoms with Gasteiger partial charge in [-0.1, -0.05) is 0 Å². The Bertz CT molecular complexity index is 534. The number of carbonyl (C=O) groups excluding carboxylic acids is 1. The van der Waals surface area contributed by atoms with Crippen molar-refractivity contribution in [2.75, 3.05) is 39.3 Å². The molecule has 1 aliphatic rings. The van der Waals surface area contributed by atoms with Gasteiger partial charge in [0, 0.05) is 25.7 Å². The first-order valence-corrected chi connectivity index (χ1v) is 7.88. The second-order valence-corrected chi connectivity index (χ2v) is 5.74. The fourth-order valence-corrected chi connectivity index (χ4v) is 2.46. The molecule has 1 amide bonds. The number of nitrogens with zero attached hydrogens (tertiary/aromatic N) is 1. The van der Waals surface area contributed by atoms with Crippen molar-refractivity contribution in [3.8, 4) is 5.75 Å². The van der Waals surface area contributed by atoms with Crippen molar-refractivity contribution in [3.63, 3.8) is 0 Å². The zero-order valence-electron chi connectivity index (χ0n) is 13.5. The molecule has 1 aliphatic heterocycles. The van der Waals surface area contributed by atoms with E-state index in [1.807, 2.05) is 0 Å². The molecule has 0 aliphatic carbocycles. The molecule has 2 rings (SSSR count). The average Bonchev–Trinajstić information content (AvgIpc) is 2.53. The lowest BCUT2D eigenvalue weighted by Crippen LogP contribution is -2.52. The third-order valence-electron chi connectivity index (χ3n) is 3.86. The normalized spacial score (nSPS) is 19.1. The van der Waals surface area contributed by atoms with Crippen LogP contribution in [0.25, 0.3) is 0 Å². The molecule has 1 heterocycles. The molecule has 0 spiro atoms. The summed E-state index contributed by atoms with van der Waals surface area (Å²) in [6, 6.07) is 4.80. The van der Waals surface area contributed by atoms with Crippen LogP contribution in [0.15, 0.2) is 24.3 Å². The number of nitrogens with one attached hydrogen (secondary N) is 2. The molecule has 0 unspecified atom stereocenters. The molecule has 0 radical (unpaired) electrons. The van der Waals surface area contributed by atoms with Gasteiger partial charge in [0.15, 0.2) is 0 Å². The molecule has 8 heteroatoms. The number of amides is 1. The molecule has 24 heavy (non-hydrogen) atoms. The Labute approximate surface area is 139 Å². The van der Waals surface area contributed by atoms with Gasteiger partial charge in [-0.15, -0.1) is 0 Å². The third kappa shape index (κ3) is 5.68. The molecule has 1 fully saturated rings. The number of ether oxygens (including phenoxy) is 1. The van der Waals surface area contributed by atoms with E-state index in [1.165, 1.54) is 12.1 Å². The average molecular weight is 345 g/mol. The van der Waals surface area contributed by atoms with E-state index in [9.17, 15) is 18.0 Å². The van der Waals surface area contributed by atoms with Crippen LogP contribution in [0.3, 0.4) is 0 Å². The maximum absolute atomic E-state index is 12.4. The topological polar surface area (TPSA) is 53.6 Å². The summed E-state index contributed by atoms with van der Waals surface area (Å²) in [6.07, 6.45) is -4.35. The van der Waals surface area contributed by atoms with Crippen LogP contribution in [0.4, 0.5) is 13.2 Å². The van der Waals surface area contributed by atoms with Crippen LogP contribution in [0.2, 0.25) is 0 Å². The zero-order chi connectivity index (χ0) is 17.6. The summed E-state index contributed by atoms with van der Waals surface area (Å²) in [4.78, 5) is 14.0. The van der Waals surface area contributed by atoms with Crippen molar-refractivity contribution in [3.05, 3.63) is 29.8 Å². The predicted octanol–water partition coefficient (Wildman–Crippen LogP) is 1.49. The standard InChI is InChI=1S/C16H22F3N3O2/c1-12-10-20-6-8-22(12)11-15(23)21-7-9-24-14-4-2-13(3-5-14)16(17,18)19/h2-5,12,20H,6-11H2,1H3,(H,21,23)/t12-/m0/s1. The SMILES string of the molecule is C[C@H]1CNCCN1CC(=O)NCCOc1ccc(C(F)(F)F)cc1. The summed E-state index contributed by atoms with van der Waals surface area (Å²) in [5.41, 5.74) is -0.715. The Morgan fingerprint density at radius 2 is 2.08 bits per heavy atom. The quantitative estimate of drug-likeness (QED) is 0.767. The van der Waals surface area contributed by atoms with Crippen molar-refractivity contribution >= 4 is 5.91 Å². The van der Waals surface area contributed by atoms with Gasteiger partial charge in [-0.25, -0.2) is 0 Å². The lowest BCUT2D eigenvalue weighted by Gasteiger charge is -2.33. The van der Waals surface area contributed by atoms with Gasteiger partial charge >= 0.3 is 6.18 Å². The van der Waals surface area contributed by atoms with Crippen molar-refractivity contribution in [1.29, 1.82) is 0 Å². The summed E-state index contributed by atoms with van der Waals surface area (Å²) in [7, 11) is 0. The fourth-order valence-electron chi connectivity index (χ4n) is 2.46. The number of piperazine rings is 1. The van der Waals surface area contributed by atoms with Gasteiger partial charge in [0.2, 0.25) is 5.91 Å². The number of carbonyl (C=O) groups is 1. The van der Waals surface area contributed by atoms with Gasteiger partial charge < -0.3 is 15.4 Å². The highest BCUT2D eigenvalue weighted by atomic mass is 19.4. The molecule has 5 nitrogen and oxygen atoms in total. The first-order valence-electron chi connectivity index (χ1n) is 7.88. The van der Waals surface area contributed by atoms with Crippen LogP contribution in [-0.2, 0) is 11.0 Å². The lowest BCUT2D eigenvalue weighted by atomic mass is 10.2. The van der Waals surface area contributed by atoms with Crippen LogP contribution in [-0.4, -0.2) is 56.2 Å². The Morgan fingerprint density at radius 3 is 2.71 bits per heavy atom. The van der Waals surface area contributed by atoms with Crippen molar-refractivity contribution < 1.29 is 22.7 Å². The highest BCUT2D eigenvalue weighted by Crippen LogP contribution is 2.30. The van der Waals surface area contributed by atoms with E-state index in [0.29, 0.717) is 24.9 Å². The van der Waals surface area contributed by atoms with E-state index in [-0.39, 0.29) is 12.5 Å². The Kier molecular flexibility index (Phi) is 6.44. The largest absolute Gasteiger partial charge is 0.492 e. The van der Waals surface area contributed by atoms with E-state index < -0.39 is 11.7 Å². The lowest BCUT2D eigenvalue weighted by molar-refractivity contribution is -0.137. The third-order valence-corrected chi connectivity index (χ3v) is 3.86. The molecular formula is C16H22F3N3O2. The Hall–Kier alpha value is -1.80. The second-order valence-electron chi connectivity index (χ2n) is 5.74. The van der Waals surface area contributed by atoms with Gasteiger partial charge in [0.1, 0.15) is 12.4 Å². The van der Waals surface area contributed by atoms with Crippen LogP contribution < -0.4 is 15.4 Å². The van der Waals surface area contributed by atoms with E-state index >= 15 is 0 Å². The van der Waals surface area contributed by atoms with E-state index in [0.717, 1.165) is 31.8 Å². The number of halogens is 3. The predicted molar refractivity (Wildman–Crippen MR) is 83.9 cm³/mol. The minimum Gasteiger partial charge on any atom is -0.492 e. The minimum atomic E-state index is -4.35. The van der Waals surface area contributed by atoms with Gasteiger partial charge in [0.05, 0.1) is 18.7 Å².